The Morgan fingerprint density at radius 2 is 1.88 bits per heavy atom. The highest BCUT2D eigenvalue weighted by atomic mass is 19.4. The molecular formula is C12H19F3O2. The molecule has 5 heteroatoms. The van der Waals surface area contributed by atoms with Crippen molar-refractivity contribution in [3.63, 3.8) is 0 Å². The molecule has 1 aliphatic carbocycles. The van der Waals surface area contributed by atoms with Crippen molar-refractivity contribution >= 4 is 5.97 Å². The van der Waals surface area contributed by atoms with Gasteiger partial charge in [0, 0.05) is 6.42 Å². The Kier molecular flexibility index (Phi) is 4.44. The number of carboxylic acid groups (broad SMARTS) is 1. The van der Waals surface area contributed by atoms with Crippen LogP contribution in [-0.4, -0.2) is 17.3 Å². The van der Waals surface area contributed by atoms with E-state index in [9.17, 15) is 23.1 Å². The number of aliphatic carboxylic acids is 1. The van der Waals surface area contributed by atoms with Crippen molar-refractivity contribution in [3.05, 3.63) is 0 Å². The summed E-state index contributed by atoms with van der Waals surface area (Å²) in [7, 11) is 0. The van der Waals surface area contributed by atoms with Gasteiger partial charge in [0.25, 0.3) is 0 Å². The summed E-state index contributed by atoms with van der Waals surface area (Å²) in [6.07, 6.45) is -2.35. The molecule has 1 fully saturated rings. The highest BCUT2D eigenvalue weighted by Crippen LogP contribution is 2.43. The van der Waals surface area contributed by atoms with Crippen LogP contribution in [-0.2, 0) is 4.79 Å². The van der Waals surface area contributed by atoms with Gasteiger partial charge in [0.1, 0.15) is 0 Å². The molecular weight excluding hydrogens is 233 g/mol. The largest absolute Gasteiger partial charge is 0.481 e. The first-order chi connectivity index (χ1) is 7.75. The van der Waals surface area contributed by atoms with E-state index in [0.29, 0.717) is 18.8 Å². The predicted molar refractivity (Wildman–Crippen MR) is 57.6 cm³/mol. The van der Waals surface area contributed by atoms with Crippen molar-refractivity contribution in [3.8, 4) is 0 Å². The molecule has 0 aromatic rings. The van der Waals surface area contributed by atoms with E-state index in [0.717, 1.165) is 12.8 Å². The third-order valence-electron chi connectivity index (χ3n) is 3.80. The van der Waals surface area contributed by atoms with Gasteiger partial charge in [-0.3, -0.25) is 4.79 Å². The van der Waals surface area contributed by atoms with Crippen LogP contribution in [0.1, 0.15) is 51.9 Å². The van der Waals surface area contributed by atoms with Gasteiger partial charge in [-0.05, 0) is 44.4 Å². The molecule has 1 N–H and O–H groups in total. The molecule has 0 aromatic heterocycles. The van der Waals surface area contributed by atoms with E-state index in [4.69, 9.17) is 0 Å². The molecule has 0 amide bonds. The lowest BCUT2D eigenvalue weighted by Crippen LogP contribution is -2.35. The number of carboxylic acids is 1. The summed E-state index contributed by atoms with van der Waals surface area (Å²) in [4.78, 5) is 11.3. The minimum atomic E-state index is -4.18. The van der Waals surface area contributed by atoms with Crippen LogP contribution in [0.2, 0.25) is 0 Å². The monoisotopic (exact) mass is 252 g/mol. The van der Waals surface area contributed by atoms with Gasteiger partial charge in [-0.1, -0.05) is 6.92 Å². The van der Waals surface area contributed by atoms with Gasteiger partial charge in [-0.25, -0.2) is 0 Å². The molecule has 1 rings (SSSR count). The molecule has 1 aliphatic rings. The van der Waals surface area contributed by atoms with Crippen molar-refractivity contribution < 1.29 is 23.1 Å². The summed E-state index contributed by atoms with van der Waals surface area (Å²) in [5.41, 5.74) is -0.905. The highest BCUT2D eigenvalue weighted by Gasteiger charge is 2.41. The Labute approximate surface area is 99.2 Å². The molecule has 2 nitrogen and oxygen atoms in total. The van der Waals surface area contributed by atoms with Gasteiger partial charge in [-0.2, -0.15) is 13.2 Å². The highest BCUT2D eigenvalue weighted by molar-refractivity contribution is 5.74. The summed E-state index contributed by atoms with van der Waals surface area (Å²) in [6.45, 7) is 2.06. The minimum absolute atomic E-state index is 0.0792. The maximum atomic E-state index is 12.1. The van der Waals surface area contributed by atoms with Gasteiger partial charge < -0.3 is 5.11 Å². The molecule has 0 heterocycles. The normalized spacial score (nSPS) is 30.2. The fraction of sp³-hybridized carbons (Fsp3) is 0.917. The van der Waals surface area contributed by atoms with Crippen LogP contribution in [0.4, 0.5) is 13.2 Å². The van der Waals surface area contributed by atoms with Crippen molar-refractivity contribution in [2.24, 2.45) is 11.3 Å². The van der Waals surface area contributed by atoms with Gasteiger partial charge >= 0.3 is 12.1 Å². The molecule has 17 heavy (non-hydrogen) atoms. The summed E-state index contributed by atoms with van der Waals surface area (Å²) in [6, 6.07) is 0. The molecule has 1 saturated carbocycles. The van der Waals surface area contributed by atoms with Gasteiger partial charge in [0.2, 0.25) is 0 Å². The third kappa shape index (κ3) is 4.21. The van der Waals surface area contributed by atoms with Crippen LogP contribution in [0.3, 0.4) is 0 Å². The maximum Gasteiger partial charge on any atom is 0.389 e. The summed E-state index contributed by atoms with van der Waals surface area (Å²) >= 11 is 0. The van der Waals surface area contributed by atoms with Crippen LogP contribution < -0.4 is 0 Å². The van der Waals surface area contributed by atoms with Crippen LogP contribution in [0.25, 0.3) is 0 Å². The Morgan fingerprint density at radius 3 is 2.29 bits per heavy atom. The van der Waals surface area contributed by atoms with E-state index >= 15 is 0 Å². The summed E-state index contributed by atoms with van der Waals surface area (Å²) in [5, 5.41) is 9.22. The van der Waals surface area contributed by atoms with E-state index in [1.54, 1.807) is 0 Å². The first-order valence-corrected chi connectivity index (χ1v) is 6.05. The molecule has 0 bridgehead atoms. The quantitative estimate of drug-likeness (QED) is 0.821. The standard InChI is InChI=1S/C12H19F3O2/c1-9-3-7-11(8-4-9,10(16)17)5-2-6-12(13,14)15/h9H,2-8H2,1H3,(H,16,17). The van der Waals surface area contributed by atoms with E-state index < -0.39 is 24.0 Å². The molecule has 0 radical (unpaired) electrons. The van der Waals surface area contributed by atoms with E-state index in [1.165, 1.54) is 0 Å². The second-order valence-corrected chi connectivity index (χ2v) is 5.24. The van der Waals surface area contributed by atoms with Crippen LogP contribution in [0.5, 0.6) is 0 Å². The molecule has 0 aliphatic heterocycles. The SMILES string of the molecule is CC1CCC(CCCC(F)(F)F)(C(=O)O)CC1. The number of hydrogen-bond acceptors (Lipinski definition) is 1. The zero-order valence-corrected chi connectivity index (χ0v) is 10.0. The fourth-order valence-electron chi connectivity index (χ4n) is 2.51. The van der Waals surface area contributed by atoms with Crippen molar-refractivity contribution in [1.82, 2.24) is 0 Å². The number of carbonyl (C=O) groups is 1. The Morgan fingerprint density at radius 1 is 1.35 bits per heavy atom. The second kappa shape index (κ2) is 5.27. The first kappa shape index (κ1) is 14.3. The lowest BCUT2D eigenvalue weighted by Gasteiger charge is -2.36. The zero-order valence-electron chi connectivity index (χ0n) is 10.0. The van der Waals surface area contributed by atoms with Gasteiger partial charge in [-0.15, -0.1) is 0 Å². The van der Waals surface area contributed by atoms with Gasteiger partial charge in [0.05, 0.1) is 5.41 Å². The minimum Gasteiger partial charge on any atom is -0.481 e. The molecule has 0 spiro atoms. The molecule has 0 atom stereocenters. The number of hydrogen-bond donors (Lipinski definition) is 1. The average molecular weight is 252 g/mol. The smallest absolute Gasteiger partial charge is 0.389 e. The van der Waals surface area contributed by atoms with Crippen molar-refractivity contribution in [2.75, 3.05) is 0 Å². The Hall–Kier alpha value is -0.740. The predicted octanol–water partition coefficient (Wildman–Crippen LogP) is 4.00. The molecule has 0 unspecified atom stereocenters. The van der Waals surface area contributed by atoms with Crippen LogP contribution in [0, 0.1) is 11.3 Å². The molecule has 0 aromatic carbocycles. The van der Waals surface area contributed by atoms with E-state index in [2.05, 4.69) is 6.92 Å². The van der Waals surface area contributed by atoms with Crippen LogP contribution in [0.15, 0.2) is 0 Å². The molecule has 0 saturated heterocycles. The van der Waals surface area contributed by atoms with Crippen molar-refractivity contribution in [2.45, 2.75) is 58.0 Å². The number of rotatable bonds is 4. The zero-order chi connectivity index (χ0) is 13.1. The summed E-state index contributed by atoms with van der Waals surface area (Å²) in [5.74, 6) is -0.434. The topological polar surface area (TPSA) is 37.3 Å². The van der Waals surface area contributed by atoms with Gasteiger partial charge in [0.15, 0.2) is 0 Å². The maximum absolute atomic E-state index is 12.1. The fourth-order valence-corrected chi connectivity index (χ4v) is 2.51. The summed E-state index contributed by atoms with van der Waals surface area (Å²) < 4.78 is 36.2. The number of halogens is 3. The van der Waals surface area contributed by atoms with Crippen LogP contribution >= 0.6 is 0 Å². The lowest BCUT2D eigenvalue weighted by molar-refractivity contribution is -0.155. The molecule has 100 valence electrons. The second-order valence-electron chi connectivity index (χ2n) is 5.24. The number of alkyl halides is 3. The average Bonchev–Trinajstić information content (AvgIpc) is 2.19. The third-order valence-corrected chi connectivity index (χ3v) is 3.80. The first-order valence-electron chi connectivity index (χ1n) is 6.05. The van der Waals surface area contributed by atoms with Crippen molar-refractivity contribution in [1.29, 1.82) is 0 Å². The van der Waals surface area contributed by atoms with E-state index in [-0.39, 0.29) is 12.8 Å². The lowest BCUT2D eigenvalue weighted by atomic mass is 9.68. The Balaban J connectivity index is 2.52. The Bertz CT molecular complexity index is 265. The van der Waals surface area contributed by atoms with E-state index in [1.807, 2.05) is 0 Å².